The molecule has 1 atom stereocenters. The molecule has 0 fully saturated rings. The molecule has 3 rings (SSSR count). The van der Waals surface area contributed by atoms with E-state index in [1.54, 1.807) is 10.4 Å². The summed E-state index contributed by atoms with van der Waals surface area (Å²) in [6, 6.07) is 23.8. The van der Waals surface area contributed by atoms with E-state index in [-0.39, 0.29) is 5.54 Å². The summed E-state index contributed by atoms with van der Waals surface area (Å²) in [7, 11) is -1.08. The van der Waals surface area contributed by atoms with Crippen molar-refractivity contribution in [2.75, 3.05) is 6.54 Å². The van der Waals surface area contributed by atoms with E-state index < -0.39 is 8.80 Å². The second kappa shape index (κ2) is 11.6. The van der Waals surface area contributed by atoms with E-state index >= 15 is 0 Å². The Morgan fingerprint density at radius 3 is 1.74 bits per heavy atom. The van der Waals surface area contributed by atoms with Crippen LogP contribution < -0.4 is 15.7 Å². The number of benzene rings is 2. The van der Waals surface area contributed by atoms with Gasteiger partial charge in [0.1, 0.15) is 8.80 Å². The minimum atomic E-state index is -1.08. The fourth-order valence-electron chi connectivity index (χ4n) is 4.94. The van der Waals surface area contributed by atoms with Gasteiger partial charge >= 0.3 is 0 Å². The van der Waals surface area contributed by atoms with Gasteiger partial charge in [0.15, 0.2) is 0 Å². The smallest absolute Gasteiger partial charge is 0.103 e. The highest BCUT2D eigenvalue weighted by Crippen LogP contribution is 2.33. The molecule has 166 valence electrons. The summed E-state index contributed by atoms with van der Waals surface area (Å²) in [5.74, 6) is 0. The van der Waals surface area contributed by atoms with Crippen molar-refractivity contribution in [2.24, 2.45) is 0 Å². The quantitative estimate of drug-likeness (QED) is 0.320. The van der Waals surface area contributed by atoms with Gasteiger partial charge in [-0.1, -0.05) is 121 Å². The molecule has 0 amide bonds. The maximum absolute atomic E-state index is 3.79. The van der Waals surface area contributed by atoms with Crippen LogP contribution >= 0.6 is 0 Å². The maximum Gasteiger partial charge on any atom is 0.103 e. The van der Waals surface area contributed by atoms with Gasteiger partial charge in [0.25, 0.3) is 0 Å². The van der Waals surface area contributed by atoms with E-state index in [2.05, 4.69) is 99.8 Å². The monoisotopic (exact) mass is 431 g/mol. The SMILES string of the molecule is CC1=CC(C)(NCCCCCCCC[SiH](c2ccccc2)c2ccccc2)C(C)=C1C. The van der Waals surface area contributed by atoms with Crippen LogP contribution in [0.25, 0.3) is 0 Å². The van der Waals surface area contributed by atoms with Crippen molar-refractivity contribution in [3.8, 4) is 0 Å². The summed E-state index contributed by atoms with van der Waals surface area (Å²) in [4.78, 5) is 0. The van der Waals surface area contributed by atoms with Gasteiger partial charge in [-0.05, 0) is 51.8 Å². The normalized spacial score (nSPS) is 18.7. The predicted octanol–water partition coefficient (Wildman–Crippen LogP) is 6.01. The van der Waals surface area contributed by atoms with Crippen LogP contribution in [0.15, 0.2) is 83.5 Å². The summed E-state index contributed by atoms with van der Waals surface area (Å²) in [6.45, 7) is 10.2. The second-order valence-corrected chi connectivity index (χ2v) is 12.5. The highest BCUT2D eigenvalue weighted by Gasteiger charge is 2.29. The Hall–Kier alpha value is -1.90. The molecule has 2 aromatic carbocycles. The molecule has 0 radical (unpaired) electrons. The van der Waals surface area contributed by atoms with Crippen LogP contribution in [0.4, 0.5) is 0 Å². The van der Waals surface area contributed by atoms with E-state index in [1.165, 1.54) is 61.3 Å². The van der Waals surface area contributed by atoms with Crippen LogP contribution in [0.1, 0.15) is 66.2 Å². The van der Waals surface area contributed by atoms with Gasteiger partial charge in [0, 0.05) is 0 Å². The van der Waals surface area contributed by atoms with E-state index in [9.17, 15) is 0 Å². The molecule has 0 saturated heterocycles. The first-order chi connectivity index (χ1) is 15.0. The van der Waals surface area contributed by atoms with E-state index in [0.29, 0.717) is 0 Å². The molecule has 0 saturated carbocycles. The third-order valence-electron chi connectivity index (χ3n) is 7.25. The van der Waals surface area contributed by atoms with Crippen molar-refractivity contribution in [2.45, 2.75) is 77.8 Å². The second-order valence-electron chi connectivity index (χ2n) is 9.49. The molecule has 2 heteroatoms. The minimum Gasteiger partial charge on any atom is -0.305 e. The predicted molar refractivity (Wildman–Crippen MR) is 140 cm³/mol. The zero-order valence-corrected chi connectivity index (χ0v) is 21.2. The molecule has 0 aromatic heterocycles. The Labute approximate surface area is 192 Å². The molecule has 1 aliphatic carbocycles. The van der Waals surface area contributed by atoms with Crippen LogP contribution in [0.5, 0.6) is 0 Å². The fraction of sp³-hybridized carbons (Fsp3) is 0.448. The molecular weight excluding hydrogens is 390 g/mol. The van der Waals surface area contributed by atoms with Crippen LogP contribution in [-0.4, -0.2) is 20.9 Å². The van der Waals surface area contributed by atoms with E-state index in [0.717, 1.165) is 6.54 Å². The maximum atomic E-state index is 3.79. The van der Waals surface area contributed by atoms with Crippen molar-refractivity contribution in [3.05, 3.63) is 83.5 Å². The lowest BCUT2D eigenvalue weighted by atomic mass is 9.95. The number of rotatable bonds is 12. The zero-order valence-electron chi connectivity index (χ0n) is 20.1. The van der Waals surface area contributed by atoms with E-state index in [1.807, 2.05) is 0 Å². The average Bonchev–Trinajstić information content (AvgIpc) is 2.99. The molecular formula is C29H41NSi. The molecule has 1 N–H and O–H groups in total. The Bertz CT molecular complexity index is 829. The molecule has 1 aliphatic rings. The minimum absolute atomic E-state index is 0.0721. The summed E-state index contributed by atoms with van der Waals surface area (Å²) >= 11 is 0. The van der Waals surface area contributed by atoms with Crippen molar-refractivity contribution in [1.29, 1.82) is 0 Å². The van der Waals surface area contributed by atoms with Gasteiger partial charge in [-0.2, -0.15) is 0 Å². The van der Waals surface area contributed by atoms with Crippen LogP contribution in [0, 0.1) is 0 Å². The summed E-state index contributed by atoms with van der Waals surface area (Å²) in [6.07, 6.45) is 10.5. The van der Waals surface area contributed by atoms with E-state index in [4.69, 9.17) is 0 Å². The zero-order chi connectivity index (χ0) is 22.1. The Morgan fingerprint density at radius 1 is 0.710 bits per heavy atom. The molecule has 31 heavy (non-hydrogen) atoms. The number of hydrogen-bond donors (Lipinski definition) is 1. The molecule has 0 heterocycles. The highest BCUT2D eigenvalue weighted by molar-refractivity contribution is 6.85. The average molecular weight is 432 g/mol. The van der Waals surface area contributed by atoms with Gasteiger partial charge in [-0.3, -0.25) is 0 Å². The Kier molecular flexibility index (Phi) is 8.92. The topological polar surface area (TPSA) is 12.0 Å². The number of hydrogen-bond acceptors (Lipinski definition) is 1. The highest BCUT2D eigenvalue weighted by atomic mass is 28.3. The Balaban J connectivity index is 1.34. The van der Waals surface area contributed by atoms with Gasteiger partial charge < -0.3 is 5.32 Å². The molecule has 0 spiro atoms. The van der Waals surface area contributed by atoms with Gasteiger partial charge in [0.2, 0.25) is 0 Å². The fourth-order valence-corrected chi connectivity index (χ4v) is 8.07. The number of nitrogens with one attached hydrogen (secondary N) is 1. The van der Waals surface area contributed by atoms with Crippen molar-refractivity contribution < 1.29 is 0 Å². The largest absolute Gasteiger partial charge is 0.305 e. The van der Waals surface area contributed by atoms with Crippen molar-refractivity contribution in [3.63, 3.8) is 0 Å². The molecule has 1 unspecified atom stereocenters. The summed E-state index contributed by atoms with van der Waals surface area (Å²) in [5, 5.41) is 6.97. The summed E-state index contributed by atoms with van der Waals surface area (Å²) < 4.78 is 0. The third kappa shape index (κ3) is 6.54. The first-order valence-corrected chi connectivity index (χ1v) is 14.2. The lowest BCUT2D eigenvalue weighted by Crippen LogP contribution is -2.41. The van der Waals surface area contributed by atoms with Crippen LogP contribution in [0.3, 0.4) is 0 Å². The molecule has 0 bridgehead atoms. The first-order valence-electron chi connectivity index (χ1n) is 12.2. The lowest BCUT2D eigenvalue weighted by Gasteiger charge is -2.26. The molecule has 1 nitrogen and oxygen atoms in total. The van der Waals surface area contributed by atoms with Crippen molar-refractivity contribution in [1.82, 2.24) is 5.32 Å². The van der Waals surface area contributed by atoms with Gasteiger partial charge in [0.05, 0.1) is 5.54 Å². The molecule has 2 aromatic rings. The van der Waals surface area contributed by atoms with Crippen LogP contribution in [0.2, 0.25) is 6.04 Å². The number of allylic oxidation sites excluding steroid dienone is 2. The first kappa shape index (κ1) is 23.8. The standard InChI is InChI=1S/C29H41NSi/c1-24-23-29(4,26(3)25(24)2)30-21-15-7-5-6-8-16-22-31(27-17-11-9-12-18-27)28-19-13-10-14-20-28/h9-14,17-20,23,30-31H,5-8,15-16,21-22H2,1-4H3. The summed E-state index contributed by atoms with van der Waals surface area (Å²) in [5.41, 5.74) is 4.45. The lowest BCUT2D eigenvalue weighted by molar-refractivity contribution is 0.479. The third-order valence-corrected chi connectivity index (χ3v) is 10.6. The molecule has 0 aliphatic heterocycles. The van der Waals surface area contributed by atoms with Crippen LogP contribution in [-0.2, 0) is 0 Å². The van der Waals surface area contributed by atoms with Gasteiger partial charge in [-0.15, -0.1) is 0 Å². The number of unbranched alkanes of at least 4 members (excludes halogenated alkanes) is 5. The van der Waals surface area contributed by atoms with Crippen molar-refractivity contribution >= 4 is 19.2 Å². The Morgan fingerprint density at radius 2 is 1.23 bits per heavy atom. The van der Waals surface area contributed by atoms with Gasteiger partial charge in [-0.25, -0.2) is 0 Å².